The molecule has 1 unspecified atom stereocenters. The molecule has 0 aliphatic carbocycles. The number of halogens is 3. The number of fused-ring (bicyclic) bond motifs is 1. The molecule has 1 aromatic heterocycles. The molecule has 0 spiro atoms. The van der Waals surface area contributed by atoms with Gasteiger partial charge in [-0.3, -0.25) is 4.90 Å². The topological polar surface area (TPSA) is 68.7 Å². The molecule has 4 rings (SSSR count). The number of hydrogen-bond donors (Lipinski definition) is 1. The minimum atomic E-state index is -0.552. The molecule has 2 aromatic carbocycles. The second kappa shape index (κ2) is 9.46. The summed E-state index contributed by atoms with van der Waals surface area (Å²) in [6.07, 6.45) is 1.32. The minimum absolute atomic E-state index is 0.00868. The average molecular weight is 495 g/mol. The van der Waals surface area contributed by atoms with E-state index < -0.39 is 5.82 Å². The second-order valence-corrected chi connectivity index (χ2v) is 9.37. The highest BCUT2D eigenvalue weighted by Gasteiger charge is 2.32. The summed E-state index contributed by atoms with van der Waals surface area (Å²) >= 11 is 11.9. The Labute approximate surface area is 201 Å². The van der Waals surface area contributed by atoms with E-state index in [9.17, 15) is 4.39 Å². The van der Waals surface area contributed by atoms with Crippen LogP contribution in [0, 0.1) is 5.82 Å². The summed E-state index contributed by atoms with van der Waals surface area (Å²) < 4.78 is 31.9. The number of benzene rings is 2. The van der Waals surface area contributed by atoms with Crippen molar-refractivity contribution in [3.63, 3.8) is 0 Å². The van der Waals surface area contributed by atoms with Gasteiger partial charge in [-0.1, -0.05) is 23.2 Å². The molecule has 33 heavy (non-hydrogen) atoms. The zero-order chi connectivity index (χ0) is 23.8. The standard InChI is InChI=1S/C23H25Cl2FN4O3/c1-23(2)11-33-13(9-30(23)3)10-32-21-8-18-14(5-20(21)31-4)22(28-12-27-18)29-19-7-16(25)15(24)6-17(19)26/h5-8,12-13H,9-11H2,1-4H3,(H,27,28,29). The molecule has 176 valence electrons. The van der Waals surface area contributed by atoms with Gasteiger partial charge >= 0.3 is 0 Å². The van der Waals surface area contributed by atoms with Crippen LogP contribution in [0.2, 0.25) is 10.0 Å². The summed E-state index contributed by atoms with van der Waals surface area (Å²) in [5.41, 5.74) is 0.738. The Hall–Kier alpha value is -2.39. The molecule has 2 heterocycles. The Kier molecular flexibility index (Phi) is 6.81. The molecule has 0 bridgehead atoms. The Morgan fingerprint density at radius 1 is 1.18 bits per heavy atom. The van der Waals surface area contributed by atoms with Crippen molar-refractivity contribution in [2.24, 2.45) is 0 Å². The Morgan fingerprint density at radius 3 is 2.67 bits per heavy atom. The van der Waals surface area contributed by atoms with Gasteiger partial charge in [-0.05, 0) is 39.1 Å². The molecule has 1 atom stereocenters. The highest BCUT2D eigenvalue weighted by molar-refractivity contribution is 6.42. The Balaban J connectivity index is 1.58. The summed E-state index contributed by atoms with van der Waals surface area (Å²) in [6, 6.07) is 6.07. The molecular weight excluding hydrogens is 470 g/mol. The Morgan fingerprint density at radius 2 is 1.94 bits per heavy atom. The number of rotatable bonds is 6. The van der Waals surface area contributed by atoms with Crippen molar-refractivity contribution in [2.75, 3.05) is 39.2 Å². The first kappa shape index (κ1) is 23.8. The summed E-state index contributed by atoms with van der Waals surface area (Å²) in [6.45, 7) is 6.04. The highest BCUT2D eigenvalue weighted by atomic mass is 35.5. The lowest BCUT2D eigenvalue weighted by atomic mass is 10.0. The van der Waals surface area contributed by atoms with Crippen LogP contribution in [0.15, 0.2) is 30.6 Å². The monoisotopic (exact) mass is 494 g/mol. The number of likely N-dealkylation sites (N-methyl/N-ethyl adjacent to an activating group) is 1. The van der Waals surface area contributed by atoms with Crippen molar-refractivity contribution >= 4 is 45.6 Å². The summed E-state index contributed by atoms with van der Waals surface area (Å²) in [4.78, 5) is 10.8. The summed E-state index contributed by atoms with van der Waals surface area (Å²) in [5, 5.41) is 3.95. The number of anilines is 2. The number of ether oxygens (including phenoxy) is 3. The van der Waals surface area contributed by atoms with Crippen LogP contribution in [0.1, 0.15) is 13.8 Å². The van der Waals surface area contributed by atoms with Crippen LogP contribution < -0.4 is 14.8 Å². The first-order valence-electron chi connectivity index (χ1n) is 10.4. The molecule has 1 fully saturated rings. The first-order chi connectivity index (χ1) is 15.7. The number of nitrogens with one attached hydrogen (secondary N) is 1. The van der Waals surface area contributed by atoms with Gasteiger partial charge in [0, 0.05) is 23.5 Å². The zero-order valence-corrected chi connectivity index (χ0v) is 20.3. The fraction of sp³-hybridized carbons (Fsp3) is 0.391. The maximum Gasteiger partial charge on any atom is 0.163 e. The van der Waals surface area contributed by atoms with E-state index in [-0.39, 0.29) is 27.4 Å². The first-order valence-corrected chi connectivity index (χ1v) is 11.1. The SMILES string of the molecule is COc1cc2c(Nc3cc(Cl)c(Cl)cc3F)ncnc2cc1OCC1CN(C)C(C)(C)CO1. The molecular formula is C23H25Cl2FN4O3. The number of hydrogen-bond acceptors (Lipinski definition) is 7. The zero-order valence-electron chi connectivity index (χ0n) is 18.8. The number of morpholine rings is 1. The van der Waals surface area contributed by atoms with E-state index in [0.29, 0.717) is 41.4 Å². The molecule has 0 saturated carbocycles. The lowest BCUT2D eigenvalue weighted by Crippen LogP contribution is -2.55. The predicted molar refractivity (Wildman–Crippen MR) is 128 cm³/mol. The molecule has 0 radical (unpaired) electrons. The van der Waals surface area contributed by atoms with Crippen molar-refractivity contribution in [1.29, 1.82) is 0 Å². The average Bonchev–Trinajstić information content (AvgIpc) is 2.78. The highest BCUT2D eigenvalue weighted by Crippen LogP contribution is 2.36. The van der Waals surface area contributed by atoms with Gasteiger partial charge in [-0.2, -0.15) is 0 Å². The Bertz CT molecular complexity index is 1180. The normalized spacial score (nSPS) is 18.3. The fourth-order valence-electron chi connectivity index (χ4n) is 3.50. The fourth-order valence-corrected chi connectivity index (χ4v) is 3.82. The quantitative estimate of drug-likeness (QED) is 0.465. The van der Waals surface area contributed by atoms with E-state index in [1.807, 2.05) is 0 Å². The number of nitrogens with zero attached hydrogens (tertiary/aromatic N) is 3. The molecule has 3 aromatic rings. The molecule has 10 heteroatoms. The largest absolute Gasteiger partial charge is 0.493 e. The summed E-state index contributed by atoms with van der Waals surface area (Å²) in [5.74, 6) is 0.872. The van der Waals surface area contributed by atoms with Gasteiger partial charge in [0.2, 0.25) is 0 Å². The van der Waals surface area contributed by atoms with Gasteiger partial charge in [0.25, 0.3) is 0 Å². The van der Waals surface area contributed by atoms with Crippen molar-refractivity contribution in [3.8, 4) is 11.5 Å². The van der Waals surface area contributed by atoms with E-state index >= 15 is 0 Å². The van der Waals surface area contributed by atoms with Crippen molar-refractivity contribution in [2.45, 2.75) is 25.5 Å². The van der Waals surface area contributed by atoms with Crippen LogP contribution in [0.5, 0.6) is 11.5 Å². The van der Waals surface area contributed by atoms with Gasteiger partial charge < -0.3 is 19.5 Å². The summed E-state index contributed by atoms with van der Waals surface area (Å²) in [7, 11) is 3.63. The lowest BCUT2D eigenvalue weighted by molar-refractivity contribution is -0.100. The molecule has 0 amide bonds. The van der Waals surface area contributed by atoms with Crippen LogP contribution in [0.3, 0.4) is 0 Å². The molecule has 1 aliphatic heterocycles. The van der Waals surface area contributed by atoms with Crippen LogP contribution in [-0.4, -0.2) is 60.4 Å². The van der Waals surface area contributed by atoms with Crippen molar-refractivity contribution < 1.29 is 18.6 Å². The van der Waals surface area contributed by atoms with Crippen LogP contribution in [0.4, 0.5) is 15.9 Å². The third kappa shape index (κ3) is 5.09. The van der Waals surface area contributed by atoms with Gasteiger partial charge in [0.1, 0.15) is 30.7 Å². The van der Waals surface area contributed by atoms with Gasteiger partial charge in [-0.15, -0.1) is 0 Å². The maximum atomic E-state index is 14.4. The smallest absolute Gasteiger partial charge is 0.163 e. The maximum absolute atomic E-state index is 14.4. The molecule has 1 saturated heterocycles. The van der Waals surface area contributed by atoms with E-state index in [1.165, 1.54) is 12.4 Å². The van der Waals surface area contributed by atoms with E-state index in [1.54, 1.807) is 19.2 Å². The minimum Gasteiger partial charge on any atom is -0.493 e. The molecule has 1 aliphatic rings. The van der Waals surface area contributed by atoms with Crippen LogP contribution >= 0.6 is 23.2 Å². The van der Waals surface area contributed by atoms with E-state index in [4.69, 9.17) is 37.4 Å². The number of methoxy groups -OCH3 is 1. The van der Waals surface area contributed by atoms with Gasteiger partial charge in [-0.25, -0.2) is 14.4 Å². The van der Waals surface area contributed by atoms with Crippen molar-refractivity contribution in [3.05, 3.63) is 46.5 Å². The lowest BCUT2D eigenvalue weighted by Gasteiger charge is -2.43. The third-order valence-corrected chi connectivity index (χ3v) is 6.51. The molecule has 7 nitrogen and oxygen atoms in total. The third-order valence-electron chi connectivity index (χ3n) is 5.79. The van der Waals surface area contributed by atoms with Crippen LogP contribution in [0.25, 0.3) is 10.9 Å². The van der Waals surface area contributed by atoms with Crippen LogP contribution in [-0.2, 0) is 4.74 Å². The second-order valence-electron chi connectivity index (χ2n) is 8.55. The van der Waals surface area contributed by atoms with Gasteiger partial charge in [0.05, 0.1) is 35.0 Å². The van der Waals surface area contributed by atoms with Crippen molar-refractivity contribution in [1.82, 2.24) is 14.9 Å². The van der Waals surface area contributed by atoms with Gasteiger partial charge in [0.15, 0.2) is 11.5 Å². The van der Waals surface area contributed by atoms with E-state index in [0.717, 1.165) is 12.6 Å². The van der Waals surface area contributed by atoms with E-state index in [2.05, 4.69) is 41.1 Å². The number of aromatic nitrogens is 2. The predicted octanol–water partition coefficient (Wildman–Crippen LogP) is 5.32. The molecule has 1 N–H and O–H groups in total.